The molecule has 0 spiro atoms. The molecule has 5 heterocycles. The largest absolute Gasteiger partial charge is 0.493 e. The molecule has 6 amide bonds. The molecular formula is C64H95N13O12S. The van der Waals surface area contributed by atoms with Crippen LogP contribution in [0.3, 0.4) is 0 Å². The van der Waals surface area contributed by atoms with Gasteiger partial charge in [-0.1, -0.05) is 58.0 Å². The van der Waals surface area contributed by atoms with Gasteiger partial charge in [0.15, 0.2) is 0 Å². The lowest BCUT2D eigenvalue weighted by molar-refractivity contribution is -0.136. The summed E-state index contributed by atoms with van der Waals surface area (Å²) in [4.78, 5) is 73.1. The van der Waals surface area contributed by atoms with Crippen LogP contribution < -0.4 is 42.0 Å². The summed E-state index contributed by atoms with van der Waals surface area (Å²) in [6.07, 6.45) is 7.92. The summed E-state index contributed by atoms with van der Waals surface area (Å²) >= 11 is 1.90. The minimum Gasteiger partial charge on any atom is -0.493 e. The van der Waals surface area contributed by atoms with Gasteiger partial charge < -0.3 is 75.3 Å². The number of thioether (sulfide) groups is 1. The van der Waals surface area contributed by atoms with E-state index in [2.05, 4.69) is 86.8 Å². The molecule has 0 unspecified atom stereocenters. The monoisotopic (exact) mass is 1270 g/mol. The van der Waals surface area contributed by atoms with E-state index in [1.165, 1.54) is 6.08 Å². The molecule has 90 heavy (non-hydrogen) atoms. The Balaban J connectivity index is 0.727. The second-order valence-electron chi connectivity index (χ2n) is 24.5. The Kier molecular flexibility index (Phi) is 28.4. The lowest BCUT2D eigenvalue weighted by atomic mass is 9.93. The van der Waals surface area contributed by atoms with Gasteiger partial charge in [-0.05, 0) is 75.4 Å². The van der Waals surface area contributed by atoms with Crippen LogP contribution in [-0.2, 0) is 60.6 Å². The number of anilines is 5. The molecule has 7 N–H and O–H groups in total. The van der Waals surface area contributed by atoms with Crippen LogP contribution in [-0.4, -0.2) is 189 Å². The fourth-order valence-electron chi connectivity index (χ4n) is 10.6. The number of rotatable bonds is 40. The molecular weight excluding hydrogens is 1170 g/mol. The predicted octanol–water partition coefficient (Wildman–Crippen LogP) is 7.18. The number of fused-ring (bicyclic) bond motifs is 2. The number of hydrogen-bond acceptors (Lipinski definition) is 19. The molecule has 494 valence electrons. The molecule has 3 aliphatic heterocycles. The number of aromatic nitrogens is 5. The van der Waals surface area contributed by atoms with Gasteiger partial charge in [0, 0.05) is 136 Å². The minimum atomic E-state index is -0.556. The van der Waals surface area contributed by atoms with Crippen LogP contribution in [0.1, 0.15) is 109 Å². The maximum Gasteiger partial charge on any atom is 0.315 e. The Morgan fingerprint density at radius 3 is 2.17 bits per heavy atom. The molecule has 2 saturated heterocycles. The lowest BCUT2D eigenvalue weighted by Gasteiger charge is -2.34. The number of ether oxygens (including phenoxy) is 7. The van der Waals surface area contributed by atoms with Gasteiger partial charge in [0.2, 0.25) is 29.6 Å². The standard InChI is InChI=1S/C64H95N13O12S/c1-9-53(78)68-45-17-12-18-46(35-45)69-60-44(2)37-67-61(73-60)70-47-19-13-20-48(36-47)89-43-64(5,6)42-88-41-63(3,4)40-77-50-25-28-76(38-51(83-7)59(84-8)58(50)74-75-77)56(81)24-14-23-55(80)66-27-16-30-86-32-34-87-33-31-85-29-15-26-65-54(79)22-11-10-21-52-57-49(39-90-52)71-62(82)72-57/h9,12-13,17-20,35-37,49,51-52,57,59H,1,10-11,14-16,21-34,38-43H2,2-8H3,(H,65,79)(H,66,80)(H,68,78)(H2,71,72,82)(H2,67,69,70,73)/t49-,51-,52-,57-,59+/m0/s1. The second-order valence-corrected chi connectivity index (χ2v) is 25.7. The van der Waals surface area contributed by atoms with Crippen LogP contribution in [0.5, 0.6) is 5.75 Å². The van der Waals surface area contributed by atoms with Crippen molar-refractivity contribution >= 4 is 70.3 Å². The van der Waals surface area contributed by atoms with Crippen molar-refractivity contribution in [1.82, 2.24) is 51.1 Å². The smallest absolute Gasteiger partial charge is 0.315 e. The second kappa shape index (κ2) is 36.2. The van der Waals surface area contributed by atoms with Gasteiger partial charge in [0.05, 0.1) is 70.6 Å². The molecule has 25 nitrogen and oxygen atoms in total. The predicted molar refractivity (Wildman–Crippen MR) is 345 cm³/mol. The minimum absolute atomic E-state index is 0.0568. The Morgan fingerprint density at radius 2 is 1.46 bits per heavy atom. The molecule has 5 atom stereocenters. The normalized spacial score (nSPS) is 18.1. The van der Waals surface area contributed by atoms with Crippen molar-refractivity contribution in [1.29, 1.82) is 0 Å². The van der Waals surface area contributed by atoms with Crippen molar-refractivity contribution in [3.8, 4) is 5.75 Å². The number of methoxy groups -OCH3 is 2. The van der Waals surface area contributed by atoms with E-state index in [9.17, 15) is 24.0 Å². The third-order valence-electron chi connectivity index (χ3n) is 15.4. The number of aryl methyl sites for hydroxylation is 1. The van der Waals surface area contributed by atoms with E-state index in [1.807, 2.05) is 65.8 Å². The number of unbranched alkanes of at least 4 members (excludes halogenated alkanes) is 1. The molecule has 0 aliphatic carbocycles. The highest BCUT2D eigenvalue weighted by Gasteiger charge is 2.42. The molecule has 2 aromatic carbocycles. The van der Waals surface area contributed by atoms with Crippen molar-refractivity contribution in [2.45, 2.75) is 135 Å². The fourth-order valence-corrected chi connectivity index (χ4v) is 12.2. The molecule has 2 aromatic heterocycles. The summed E-state index contributed by atoms with van der Waals surface area (Å²) in [5, 5.41) is 30.9. The molecule has 0 radical (unpaired) electrons. The number of amides is 6. The first-order valence-electron chi connectivity index (χ1n) is 31.3. The first-order chi connectivity index (χ1) is 43.4. The third kappa shape index (κ3) is 23.4. The highest BCUT2D eigenvalue weighted by Crippen LogP contribution is 2.34. The number of carbonyl (C=O) groups is 5. The van der Waals surface area contributed by atoms with Crippen LogP contribution in [0.15, 0.2) is 67.4 Å². The SMILES string of the molecule is C=CC(=O)Nc1cccc(Nc2nc(Nc3cccc(OCC(C)(C)COCC(C)(C)Cn4nnc5c4CCN(C(=O)CCCC(=O)NCCCOCCOCCOCCCNC(=O)CCCC[C@@H]4SC[C@@H]6NC(=O)N[C@@H]64)C[C@H](OC)[C@H]5OC)c3)ncc2C)c1. The number of urea groups is 1. The lowest BCUT2D eigenvalue weighted by Crippen LogP contribution is -2.44. The molecule has 0 saturated carbocycles. The molecule has 7 rings (SSSR count). The summed E-state index contributed by atoms with van der Waals surface area (Å²) in [5.41, 5.74) is 3.82. The summed E-state index contributed by atoms with van der Waals surface area (Å²) in [6.45, 7) is 20.2. The summed E-state index contributed by atoms with van der Waals surface area (Å²) < 4.78 is 43.4. The molecule has 2 fully saturated rings. The van der Waals surface area contributed by atoms with Crippen molar-refractivity contribution in [3.05, 3.63) is 84.3 Å². The van der Waals surface area contributed by atoms with E-state index < -0.39 is 12.2 Å². The van der Waals surface area contributed by atoms with Gasteiger partial charge in [-0.3, -0.25) is 19.2 Å². The number of carbonyl (C=O) groups excluding carboxylic acids is 5. The quantitative estimate of drug-likeness (QED) is 0.0132. The maximum atomic E-state index is 13.7. The van der Waals surface area contributed by atoms with Gasteiger partial charge in [-0.2, -0.15) is 16.7 Å². The van der Waals surface area contributed by atoms with Crippen molar-refractivity contribution < 1.29 is 57.1 Å². The zero-order chi connectivity index (χ0) is 64.3. The van der Waals surface area contributed by atoms with Crippen molar-refractivity contribution in [2.75, 3.05) is 122 Å². The number of hydrogen-bond donors (Lipinski definition) is 7. The fraction of sp³-hybridized carbons (Fsp3) is 0.609. The van der Waals surface area contributed by atoms with Crippen LogP contribution >= 0.6 is 11.8 Å². The summed E-state index contributed by atoms with van der Waals surface area (Å²) in [5.74, 6) is 2.20. The van der Waals surface area contributed by atoms with Gasteiger partial charge in [0.1, 0.15) is 29.5 Å². The van der Waals surface area contributed by atoms with E-state index in [-0.39, 0.29) is 65.4 Å². The van der Waals surface area contributed by atoms with Crippen molar-refractivity contribution in [2.24, 2.45) is 10.8 Å². The molecule has 0 bridgehead atoms. The molecule has 3 aliphatic rings. The first-order valence-corrected chi connectivity index (χ1v) is 32.4. The Hall–Kier alpha value is -6.94. The van der Waals surface area contributed by atoms with E-state index in [0.29, 0.717) is 152 Å². The van der Waals surface area contributed by atoms with Gasteiger partial charge >= 0.3 is 6.03 Å². The highest BCUT2D eigenvalue weighted by atomic mass is 32.2. The highest BCUT2D eigenvalue weighted by molar-refractivity contribution is 8.00. The zero-order valence-electron chi connectivity index (χ0n) is 53.5. The molecule has 26 heteroatoms. The Morgan fingerprint density at radius 1 is 0.778 bits per heavy atom. The van der Waals surface area contributed by atoms with Crippen LogP contribution in [0.2, 0.25) is 0 Å². The van der Waals surface area contributed by atoms with E-state index in [0.717, 1.165) is 54.1 Å². The zero-order valence-corrected chi connectivity index (χ0v) is 54.4. The van der Waals surface area contributed by atoms with Crippen molar-refractivity contribution in [3.63, 3.8) is 0 Å². The Bertz CT molecular complexity index is 2950. The Labute approximate surface area is 533 Å². The third-order valence-corrected chi connectivity index (χ3v) is 16.9. The van der Waals surface area contributed by atoms with Crippen LogP contribution in [0, 0.1) is 17.8 Å². The van der Waals surface area contributed by atoms with E-state index in [1.54, 1.807) is 31.4 Å². The summed E-state index contributed by atoms with van der Waals surface area (Å²) in [7, 11) is 3.21. The number of benzene rings is 2. The average Bonchev–Trinajstić information content (AvgIpc) is 2.28. The van der Waals surface area contributed by atoms with Gasteiger partial charge in [-0.25, -0.2) is 14.5 Å². The first kappa shape index (κ1) is 70.5. The van der Waals surface area contributed by atoms with Crippen LogP contribution in [0.4, 0.5) is 33.6 Å². The number of nitrogens with zero attached hydrogens (tertiary/aromatic N) is 6. The maximum absolute atomic E-state index is 13.7. The topological polar surface area (TPSA) is 294 Å². The van der Waals surface area contributed by atoms with Gasteiger partial charge in [0.25, 0.3) is 0 Å². The van der Waals surface area contributed by atoms with Crippen LogP contribution in [0.25, 0.3) is 0 Å². The summed E-state index contributed by atoms with van der Waals surface area (Å²) in [6, 6.07) is 15.3. The van der Waals surface area contributed by atoms with Gasteiger partial charge in [-0.15, -0.1) is 5.10 Å². The molecule has 4 aromatic rings. The average molecular weight is 1270 g/mol. The number of nitrogens with one attached hydrogen (secondary N) is 7. The van der Waals surface area contributed by atoms with E-state index in [4.69, 9.17) is 38.1 Å². The van der Waals surface area contributed by atoms with E-state index >= 15 is 0 Å².